The van der Waals surface area contributed by atoms with Gasteiger partial charge in [0.15, 0.2) is 0 Å². The molecule has 0 saturated carbocycles. The highest BCUT2D eigenvalue weighted by Gasteiger charge is 2.13. The number of carbonyl (C=O) groups is 1. The summed E-state index contributed by atoms with van der Waals surface area (Å²) in [5.74, 6) is -0.211. The first kappa shape index (κ1) is 50.8. The summed E-state index contributed by atoms with van der Waals surface area (Å²) in [5.41, 5.74) is 0. The molecule has 0 heterocycles. The molecule has 0 aliphatic rings. The summed E-state index contributed by atoms with van der Waals surface area (Å²) in [6.45, 7) is 5.18. The van der Waals surface area contributed by atoms with Crippen molar-refractivity contribution in [2.24, 2.45) is 0 Å². The van der Waals surface area contributed by atoms with Gasteiger partial charge in [0.1, 0.15) is 6.10 Å². The highest BCUT2D eigenvalue weighted by atomic mass is 16.6. The van der Waals surface area contributed by atoms with Crippen LogP contribution >= 0.6 is 0 Å². The van der Waals surface area contributed by atoms with E-state index in [9.17, 15) is 9.90 Å². The molecule has 1 atom stereocenters. The second-order valence-electron chi connectivity index (χ2n) is 14.7. The van der Waals surface area contributed by atoms with Crippen LogP contribution in [0.3, 0.4) is 0 Å². The summed E-state index contributed by atoms with van der Waals surface area (Å²) >= 11 is 0. The smallest absolute Gasteiger partial charge is 0.306 e. The van der Waals surface area contributed by atoms with E-state index in [2.05, 4.69) is 86.8 Å². The summed E-state index contributed by atoms with van der Waals surface area (Å²) in [4.78, 5) is 12.2. The quantitative estimate of drug-likeness (QED) is 0.0385. The maximum absolute atomic E-state index is 12.2. The molecule has 53 heavy (non-hydrogen) atoms. The van der Waals surface area contributed by atoms with Gasteiger partial charge in [0.2, 0.25) is 0 Å². The molecule has 306 valence electrons. The fourth-order valence-corrected chi connectivity index (χ4v) is 6.17. The van der Waals surface area contributed by atoms with Crippen molar-refractivity contribution in [1.29, 1.82) is 0 Å². The van der Waals surface area contributed by atoms with Crippen molar-refractivity contribution in [3.63, 3.8) is 0 Å². The second kappa shape index (κ2) is 46.0. The van der Waals surface area contributed by atoms with E-state index in [4.69, 9.17) is 9.47 Å². The Bertz CT molecular complexity index is 911. The van der Waals surface area contributed by atoms with Gasteiger partial charge in [-0.25, -0.2) is 0 Å². The Balaban J connectivity index is 3.47. The summed E-state index contributed by atoms with van der Waals surface area (Å²) in [5, 5.41) is 9.61. The van der Waals surface area contributed by atoms with Gasteiger partial charge in [-0.3, -0.25) is 4.79 Å². The van der Waals surface area contributed by atoms with Crippen LogP contribution in [0.15, 0.2) is 72.9 Å². The van der Waals surface area contributed by atoms with E-state index >= 15 is 0 Å². The third kappa shape index (κ3) is 44.1. The first-order valence-corrected chi connectivity index (χ1v) is 22.5. The third-order valence-corrected chi connectivity index (χ3v) is 9.52. The van der Waals surface area contributed by atoms with E-state index in [-0.39, 0.29) is 19.2 Å². The molecule has 1 N–H and O–H groups in total. The van der Waals surface area contributed by atoms with E-state index in [1.165, 1.54) is 122 Å². The van der Waals surface area contributed by atoms with Gasteiger partial charge in [-0.05, 0) is 83.5 Å². The summed E-state index contributed by atoms with van der Waals surface area (Å²) < 4.78 is 11.2. The van der Waals surface area contributed by atoms with Gasteiger partial charge in [-0.1, -0.05) is 189 Å². The van der Waals surface area contributed by atoms with E-state index in [0.29, 0.717) is 13.0 Å². The number of unbranched alkanes of at least 4 members (excludes halogenated alkanes) is 21. The van der Waals surface area contributed by atoms with E-state index < -0.39 is 6.10 Å². The Hall–Kier alpha value is -2.17. The fraction of sp³-hybridized carbons (Fsp3) is 0.735. The van der Waals surface area contributed by atoms with Crippen LogP contribution in [0, 0.1) is 0 Å². The van der Waals surface area contributed by atoms with Gasteiger partial charge in [0.05, 0.1) is 13.2 Å². The normalized spacial score (nSPS) is 13.0. The Morgan fingerprint density at radius 3 is 1.28 bits per heavy atom. The molecule has 0 bridgehead atoms. The minimum atomic E-state index is -0.549. The first-order chi connectivity index (χ1) is 26.2. The molecule has 4 heteroatoms. The second-order valence-corrected chi connectivity index (χ2v) is 14.7. The van der Waals surface area contributed by atoms with Crippen LogP contribution in [0.5, 0.6) is 0 Å². The molecule has 0 aliphatic heterocycles. The molecule has 0 aromatic carbocycles. The van der Waals surface area contributed by atoms with E-state index in [1.54, 1.807) is 0 Å². The molecule has 0 aromatic heterocycles. The number of carbonyl (C=O) groups excluding carboxylic acids is 1. The molecule has 0 fully saturated rings. The topological polar surface area (TPSA) is 55.8 Å². The Labute approximate surface area is 329 Å². The standard InChI is InChI=1S/C49H86O4/c1-3-5-7-9-11-13-15-17-19-21-23-24-25-26-27-28-30-32-34-36-38-40-42-44-49(51)53-48(46-50)47-52-45-43-41-39-37-35-33-31-29-22-20-18-16-14-12-10-8-6-4-2/h6,8,12,14-15,17-18,20-21,23,29,31,48,50H,3-5,7,9-11,13,16,19,22,24-28,30,32-47H2,1-2H3/b8-6-,14-12-,17-15-,20-18-,23-21-,31-29-. The molecule has 1 unspecified atom stereocenters. The molecule has 4 nitrogen and oxygen atoms in total. The average Bonchev–Trinajstić information content (AvgIpc) is 3.16. The lowest BCUT2D eigenvalue weighted by Gasteiger charge is -2.15. The number of ether oxygens (including phenoxy) is 2. The minimum Gasteiger partial charge on any atom is -0.457 e. The summed E-state index contributed by atoms with van der Waals surface area (Å²) in [6.07, 6.45) is 62.5. The van der Waals surface area contributed by atoms with Crippen molar-refractivity contribution >= 4 is 5.97 Å². The van der Waals surface area contributed by atoms with Crippen LogP contribution in [0.25, 0.3) is 0 Å². The van der Waals surface area contributed by atoms with Crippen molar-refractivity contribution in [2.75, 3.05) is 19.8 Å². The minimum absolute atomic E-state index is 0.183. The maximum atomic E-state index is 12.2. The van der Waals surface area contributed by atoms with Crippen molar-refractivity contribution in [3.05, 3.63) is 72.9 Å². The van der Waals surface area contributed by atoms with Crippen LogP contribution in [0.1, 0.15) is 206 Å². The lowest BCUT2D eigenvalue weighted by molar-refractivity contribution is -0.154. The molecule has 0 radical (unpaired) electrons. The molecule has 0 saturated heterocycles. The van der Waals surface area contributed by atoms with Crippen molar-refractivity contribution in [1.82, 2.24) is 0 Å². The average molecular weight is 739 g/mol. The van der Waals surface area contributed by atoms with Crippen LogP contribution < -0.4 is 0 Å². The van der Waals surface area contributed by atoms with Gasteiger partial charge >= 0.3 is 5.97 Å². The number of hydrogen-bond donors (Lipinski definition) is 1. The molecular formula is C49H86O4. The van der Waals surface area contributed by atoms with Crippen LogP contribution in [0.4, 0.5) is 0 Å². The first-order valence-electron chi connectivity index (χ1n) is 22.5. The number of hydrogen-bond acceptors (Lipinski definition) is 4. The SMILES string of the molecule is CC/C=C\C/C=C\C/C=C\C/C=C\CCCCCCCOCC(CO)OC(=O)CCCCCCCCCCCCC/C=C\C/C=C\CCCCCCC. The number of esters is 1. The molecular weight excluding hydrogens is 653 g/mol. The van der Waals surface area contributed by atoms with Gasteiger partial charge in [0, 0.05) is 13.0 Å². The lowest BCUT2D eigenvalue weighted by Crippen LogP contribution is -2.27. The van der Waals surface area contributed by atoms with Gasteiger partial charge in [0.25, 0.3) is 0 Å². The Morgan fingerprint density at radius 2 is 0.849 bits per heavy atom. The summed E-state index contributed by atoms with van der Waals surface area (Å²) in [7, 11) is 0. The Kier molecular flexibility index (Phi) is 44.1. The predicted molar refractivity (Wildman–Crippen MR) is 232 cm³/mol. The van der Waals surface area contributed by atoms with Crippen LogP contribution in [-0.2, 0) is 14.3 Å². The monoisotopic (exact) mass is 739 g/mol. The Morgan fingerprint density at radius 1 is 0.472 bits per heavy atom. The zero-order valence-corrected chi connectivity index (χ0v) is 35.0. The van der Waals surface area contributed by atoms with Gasteiger partial charge in [-0.2, -0.15) is 0 Å². The van der Waals surface area contributed by atoms with E-state index in [1.807, 2.05) is 0 Å². The van der Waals surface area contributed by atoms with Gasteiger partial charge in [-0.15, -0.1) is 0 Å². The van der Waals surface area contributed by atoms with Crippen LogP contribution in [0.2, 0.25) is 0 Å². The van der Waals surface area contributed by atoms with Gasteiger partial charge < -0.3 is 14.6 Å². The number of aliphatic hydroxyl groups excluding tert-OH is 1. The number of rotatable bonds is 41. The zero-order chi connectivity index (χ0) is 38.4. The van der Waals surface area contributed by atoms with E-state index in [0.717, 1.165) is 64.2 Å². The maximum Gasteiger partial charge on any atom is 0.306 e. The number of allylic oxidation sites excluding steroid dienone is 12. The third-order valence-electron chi connectivity index (χ3n) is 9.52. The number of aliphatic hydroxyl groups is 1. The van der Waals surface area contributed by atoms with Crippen molar-refractivity contribution < 1.29 is 19.4 Å². The highest BCUT2D eigenvalue weighted by Crippen LogP contribution is 2.14. The van der Waals surface area contributed by atoms with Crippen molar-refractivity contribution in [2.45, 2.75) is 213 Å². The fourth-order valence-electron chi connectivity index (χ4n) is 6.17. The lowest BCUT2D eigenvalue weighted by atomic mass is 10.0. The van der Waals surface area contributed by atoms with Crippen molar-refractivity contribution in [3.8, 4) is 0 Å². The highest BCUT2D eigenvalue weighted by molar-refractivity contribution is 5.69. The zero-order valence-electron chi connectivity index (χ0n) is 35.0. The summed E-state index contributed by atoms with van der Waals surface area (Å²) in [6, 6.07) is 0. The molecule has 0 aliphatic carbocycles. The molecule has 0 spiro atoms. The predicted octanol–water partition coefficient (Wildman–Crippen LogP) is 15.0. The van der Waals surface area contributed by atoms with Crippen LogP contribution in [-0.4, -0.2) is 37.0 Å². The largest absolute Gasteiger partial charge is 0.457 e. The molecule has 0 amide bonds. The molecule has 0 aromatic rings. The molecule has 0 rings (SSSR count).